The van der Waals surface area contributed by atoms with Gasteiger partial charge >= 0.3 is 5.97 Å². The Labute approximate surface area is 163 Å². The summed E-state index contributed by atoms with van der Waals surface area (Å²) in [5.74, 6) is -4.94. The Morgan fingerprint density at radius 1 is 1.34 bits per heavy atom. The summed E-state index contributed by atoms with van der Waals surface area (Å²) in [6, 6.07) is 0.874. The number of carbonyl (C=O) groups excluding carboxylic acids is 1. The number of cyclic esters (lactones) is 1. The molecule has 1 aromatic carbocycles. The Morgan fingerprint density at radius 3 is 2.83 bits per heavy atom. The Balaban J connectivity index is 1.79. The number of nitrogens with zero attached hydrogens (tertiary/aromatic N) is 2. The van der Waals surface area contributed by atoms with Crippen LogP contribution in [0, 0.1) is 23.4 Å². The van der Waals surface area contributed by atoms with Gasteiger partial charge < -0.3 is 15.4 Å². The highest BCUT2D eigenvalue weighted by atomic mass is 19.2. The molecule has 0 saturated carbocycles. The third-order valence-corrected chi connectivity index (χ3v) is 5.87. The molecule has 0 amide bonds. The van der Waals surface area contributed by atoms with Gasteiger partial charge in [0.1, 0.15) is 6.61 Å². The van der Waals surface area contributed by atoms with Crippen LogP contribution < -0.4 is 5.73 Å². The molecule has 3 aliphatic rings. The van der Waals surface area contributed by atoms with Crippen molar-refractivity contribution < 1.29 is 22.7 Å². The SMILES string of the molecule is C=C1C2=C(C=C3c4nc5cc(F)c(F)c(F)c5c(CN)c4CN13)C(C)C(=O)OC2. The maximum atomic E-state index is 14.5. The Hall–Kier alpha value is -3.13. The zero-order valence-corrected chi connectivity index (χ0v) is 15.5. The van der Waals surface area contributed by atoms with E-state index in [-0.39, 0.29) is 30.0 Å². The third-order valence-electron chi connectivity index (χ3n) is 5.87. The standard InChI is InChI=1S/C21H16F3N3O2/c1-8-10-3-16-20-12(6-27(16)9(2)13(10)7-29-21(8)28)11(5-25)17-15(26-20)4-14(22)18(23)19(17)24/h3-4,8H,2,5-7,25H2,1H3. The summed E-state index contributed by atoms with van der Waals surface area (Å²) in [5, 5.41) is -0.110. The molecule has 5 rings (SSSR count). The number of ether oxygens (including phenoxy) is 1. The van der Waals surface area contributed by atoms with Crippen molar-refractivity contribution in [1.82, 2.24) is 9.88 Å². The summed E-state index contributed by atoms with van der Waals surface area (Å²) in [4.78, 5) is 18.3. The molecule has 5 nitrogen and oxygen atoms in total. The minimum atomic E-state index is -1.55. The van der Waals surface area contributed by atoms with Crippen molar-refractivity contribution in [1.29, 1.82) is 0 Å². The van der Waals surface area contributed by atoms with Crippen LogP contribution in [0.4, 0.5) is 13.2 Å². The van der Waals surface area contributed by atoms with E-state index in [4.69, 9.17) is 10.5 Å². The van der Waals surface area contributed by atoms with Gasteiger partial charge in [0.05, 0.1) is 29.4 Å². The Kier molecular flexibility index (Phi) is 3.67. The van der Waals surface area contributed by atoms with Gasteiger partial charge in [-0.05, 0) is 24.1 Å². The summed E-state index contributed by atoms with van der Waals surface area (Å²) in [5.41, 5.74) is 10.3. The molecule has 29 heavy (non-hydrogen) atoms. The van der Waals surface area contributed by atoms with Crippen LogP contribution in [0.2, 0.25) is 0 Å². The normalized spacial score (nSPS) is 20.5. The second kappa shape index (κ2) is 5.93. The first-order chi connectivity index (χ1) is 13.8. The van der Waals surface area contributed by atoms with Crippen molar-refractivity contribution in [2.75, 3.05) is 6.61 Å². The van der Waals surface area contributed by atoms with E-state index in [1.54, 1.807) is 6.92 Å². The number of carbonyl (C=O) groups is 1. The maximum absolute atomic E-state index is 14.5. The number of fused-ring (bicyclic) bond motifs is 4. The molecule has 3 aliphatic heterocycles. The fraction of sp³-hybridized carbons (Fsp3) is 0.238. The number of halogens is 3. The summed E-state index contributed by atoms with van der Waals surface area (Å²) >= 11 is 0. The second-order valence-electron chi connectivity index (χ2n) is 7.33. The topological polar surface area (TPSA) is 68.5 Å². The van der Waals surface area contributed by atoms with E-state index in [0.717, 1.165) is 17.2 Å². The molecule has 1 atom stereocenters. The molecule has 0 aliphatic carbocycles. The van der Waals surface area contributed by atoms with Crippen LogP contribution in [0.3, 0.4) is 0 Å². The summed E-state index contributed by atoms with van der Waals surface area (Å²) in [6.07, 6.45) is 1.84. The van der Waals surface area contributed by atoms with Gasteiger partial charge in [-0.3, -0.25) is 4.79 Å². The molecule has 0 spiro atoms. The minimum Gasteiger partial charge on any atom is -0.460 e. The van der Waals surface area contributed by atoms with Gasteiger partial charge in [0, 0.05) is 34.8 Å². The van der Waals surface area contributed by atoms with Crippen molar-refractivity contribution in [3.8, 4) is 0 Å². The van der Waals surface area contributed by atoms with Crippen LogP contribution in [0.5, 0.6) is 0 Å². The van der Waals surface area contributed by atoms with Crippen molar-refractivity contribution in [3.05, 3.63) is 69.8 Å². The molecule has 2 N–H and O–H groups in total. The molecule has 0 bridgehead atoms. The highest BCUT2D eigenvalue weighted by Gasteiger charge is 2.39. The van der Waals surface area contributed by atoms with E-state index in [9.17, 15) is 18.0 Å². The quantitative estimate of drug-likeness (QED) is 0.589. The van der Waals surface area contributed by atoms with Crippen LogP contribution in [0.15, 0.2) is 35.6 Å². The highest BCUT2D eigenvalue weighted by Crippen LogP contribution is 2.46. The lowest BCUT2D eigenvalue weighted by atomic mass is 9.88. The number of esters is 1. The lowest BCUT2D eigenvalue weighted by Gasteiger charge is -2.34. The average Bonchev–Trinajstić information content (AvgIpc) is 3.06. The molecule has 0 saturated heterocycles. The number of rotatable bonds is 1. The molecule has 8 heteroatoms. The molecular formula is C21H16F3N3O2. The largest absolute Gasteiger partial charge is 0.460 e. The zero-order valence-electron chi connectivity index (χ0n) is 15.5. The van der Waals surface area contributed by atoms with Crippen molar-refractivity contribution in [2.24, 2.45) is 11.7 Å². The molecule has 1 aromatic heterocycles. The molecular weight excluding hydrogens is 383 g/mol. The molecule has 148 valence electrons. The number of benzene rings is 1. The number of aromatic nitrogens is 1. The maximum Gasteiger partial charge on any atom is 0.313 e. The van der Waals surface area contributed by atoms with E-state index in [2.05, 4.69) is 11.6 Å². The van der Waals surface area contributed by atoms with Crippen LogP contribution in [-0.4, -0.2) is 22.5 Å². The van der Waals surface area contributed by atoms with Crippen molar-refractivity contribution in [3.63, 3.8) is 0 Å². The molecule has 1 unspecified atom stereocenters. The summed E-state index contributed by atoms with van der Waals surface area (Å²) in [6.45, 7) is 6.26. The van der Waals surface area contributed by atoms with E-state index in [0.29, 0.717) is 34.8 Å². The first-order valence-corrected chi connectivity index (χ1v) is 9.11. The van der Waals surface area contributed by atoms with Gasteiger partial charge in [0.15, 0.2) is 17.5 Å². The lowest BCUT2D eigenvalue weighted by molar-refractivity contribution is -0.146. The van der Waals surface area contributed by atoms with Crippen molar-refractivity contribution in [2.45, 2.75) is 20.0 Å². The smallest absolute Gasteiger partial charge is 0.313 e. The lowest BCUT2D eigenvalue weighted by Crippen LogP contribution is -2.31. The summed E-state index contributed by atoms with van der Waals surface area (Å²) < 4.78 is 47.4. The number of hydrogen-bond acceptors (Lipinski definition) is 5. The third kappa shape index (κ3) is 2.26. The van der Waals surface area contributed by atoms with Gasteiger partial charge in [-0.1, -0.05) is 6.58 Å². The predicted octanol–water partition coefficient (Wildman–Crippen LogP) is 3.28. The molecule has 2 aromatic rings. The zero-order chi connectivity index (χ0) is 20.6. The average molecular weight is 399 g/mol. The van der Waals surface area contributed by atoms with E-state index >= 15 is 0 Å². The Morgan fingerprint density at radius 2 is 2.10 bits per heavy atom. The first-order valence-electron chi connectivity index (χ1n) is 9.11. The van der Waals surface area contributed by atoms with Crippen LogP contribution >= 0.6 is 0 Å². The second-order valence-corrected chi connectivity index (χ2v) is 7.33. The number of hydrogen-bond donors (Lipinski definition) is 1. The fourth-order valence-corrected chi connectivity index (χ4v) is 4.32. The Bertz CT molecular complexity index is 1220. The monoisotopic (exact) mass is 399 g/mol. The van der Waals surface area contributed by atoms with Gasteiger partial charge in [-0.25, -0.2) is 18.2 Å². The number of nitrogens with two attached hydrogens (primary N) is 1. The fourth-order valence-electron chi connectivity index (χ4n) is 4.32. The molecule has 0 fully saturated rings. The molecule has 4 heterocycles. The van der Waals surface area contributed by atoms with Gasteiger partial charge in [-0.2, -0.15) is 0 Å². The predicted molar refractivity (Wildman–Crippen MR) is 99.3 cm³/mol. The van der Waals surface area contributed by atoms with Crippen LogP contribution in [0.1, 0.15) is 23.7 Å². The van der Waals surface area contributed by atoms with Gasteiger partial charge in [-0.15, -0.1) is 0 Å². The van der Waals surface area contributed by atoms with Gasteiger partial charge in [0.25, 0.3) is 0 Å². The van der Waals surface area contributed by atoms with E-state index in [1.165, 1.54) is 0 Å². The number of pyridine rings is 1. The van der Waals surface area contributed by atoms with E-state index < -0.39 is 23.4 Å². The molecule has 0 radical (unpaired) electrons. The van der Waals surface area contributed by atoms with Gasteiger partial charge in [0.2, 0.25) is 0 Å². The minimum absolute atomic E-state index is 0.00941. The highest BCUT2D eigenvalue weighted by molar-refractivity contribution is 5.90. The first kappa shape index (κ1) is 17.9. The van der Waals surface area contributed by atoms with Crippen LogP contribution in [0.25, 0.3) is 16.6 Å². The van der Waals surface area contributed by atoms with Crippen LogP contribution in [-0.2, 0) is 22.6 Å². The summed E-state index contributed by atoms with van der Waals surface area (Å²) in [7, 11) is 0. The van der Waals surface area contributed by atoms with Crippen molar-refractivity contribution >= 4 is 22.6 Å². The van der Waals surface area contributed by atoms with E-state index in [1.807, 2.05) is 11.0 Å². The number of allylic oxidation sites excluding steroid dienone is 1.